The van der Waals surface area contributed by atoms with Crippen molar-refractivity contribution in [2.45, 2.75) is 27.0 Å². The van der Waals surface area contributed by atoms with Crippen LogP contribution in [0.4, 0.5) is 4.39 Å². The van der Waals surface area contributed by atoms with Gasteiger partial charge in [-0.1, -0.05) is 37.6 Å². The Morgan fingerprint density at radius 3 is 2.48 bits per heavy atom. The van der Waals surface area contributed by atoms with Gasteiger partial charge in [-0.25, -0.2) is 4.39 Å². The molecule has 126 valence electrons. The maximum atomic E-state index is 12.9. The van der Waals surface area contributed by atoms with Gasteiger partial charge in [0.1, 0.15) is 18.2 Å². The third kappa shape index (κ3) is 6.78. The van der Waals surface area contributed by atoms with E-state index in [1.54, 1.807) is 12.1 Å². The Hall–Kier alpha value is -1.29. The predicted molar refractivity (Wildman–Crippen MR) is 96.0 cm³/mol. The van der Waals surface area contributed by atoms with Gasteiger partial charge in [-0.2, -0.15) is 0 Å². The van der Waals surface area contributed by atoms with E-state index >= 15 is 0 Å². The molecule has 1 N–H and O–H groups in total. The number of benzene rings is 2. The molecule has 23 heavy (non-hydrogen) atoms. The first-order valence-corrected chi connectivity index (χ1v) is 7.79. The molecular formula is C18H22Cl2FNO. The van der Waals surface area contributed by atoms with Crippen LogP contribution in [0, 0.1) is 11.7 Å². The van der Waals surface area contributed by atoms with Gasteiger partial charge < -0.3 is 10.1 Å². The van der Waals surface area contributed by atoms with Gasteiger partial charge in [0, 0.05) is 17.1 Å². The van der Waals surface area contributed by atoms with Gasteiger partial charge in [0.2, 0.25) is 0 Å². The molecule has 0 radical (unpaired) electrons. The van der Waals surface area contributed by atoms with Crippen molar-refractivity contribution in [1.29, 1.82) is 0 Å². The molecule has 0 heterocycles. The molecule has 0 bridgehead atoms. The third-order valence-corrected chi connectivity index (χ3v) is 3.43. The molecule has 0 aliphatic rings. The fourth-order valence-corrected chi connectivity index (χ4v) is 2.26. The molecule has 0 aliphatic heterocycles. The normalized spacial score (nSPS) is 10.5. The maximum absolute atomic E-state index is 12.9. The lowest BCUT2D eigenvalue weighted by Crippen LogP contribution is -2.19. The van der Waals surface area contributed by atoms with Crippen molar-refractivity contribution in [3.05, 3.63) is 64.4 Å². The standard InChI is InChI=1S/C18H21ClFNO.ClH/c1-13(2)10-21-11-15-9-16(19)5-8-18(15)22-12-14-3-6-17(20)7-4-14;/h3-9,13,21H,10-12H2,1-2H3;1H. The number of rotatable bonds is 7. The second-order valence-corrected chi connectivity index (χ2v) is 6.13. The Morgan fingerprint density at radius 1 is 1.13 bits per heavy atom. The summed E-state index contributed by atoms with van der Waals surface area (Å²) in [6, 6.07) is 11.9. The lowest BCUT2D eigenvalue weighted by Gasteiger charge is -2.14. The van der Waals surface area contributed by atoms with Crippen LogP contribution in [0.1, 0.15) is 25.0 Å². The minimum atomic E-state index is -0.242. The fourth-order valence-electron chi connectivity index (χ4n) is 2.06. The number of nitrogens with one attached hydrogen (secondary N) is 1. The monoisotopic (exact) mass is 357 g/mol. The summed E-state index contributed by atoms with van der Waals surface area (Å²) < 4.78 is 18.8. The summed E-state index contributed by atoms with van der Waals surface area (Å²) in [6.45, 7) is 6.37. The maximum Gasteiger partial charge on any atom is 0.124 e. The number of hydrogen-bond acceptors (Lipinski definition) is 2. The molecule has 2 aromatic carbocycles. The van der Waals surface area contributed by atoms with Crippen molar-refractivity contribution in [3.63, 3.8) is 0 Å². The van der Waals surface area contributed by atoms with Crippen LogP contribution in [0.5, 0.6) is 5.75 Å². The Kier molecular flexibility index (Phi) is 8.38. The van der Waals surface area contributed by atoms with Gasteiger partial charge in [-0.3, -0.25) is 0 Å². The molecule has 2 rings (SSSR count). The van der Waals surface area contributed by atoms with Crippen molar-refractivity contribution >= 4 is 24.0 Å². The molecule has 0 amide bonds. The van der Waals surface area contributed by atoms with Gasteiger partial charge in [0.05, 0.1) is 0 Å². The zero-order chi connectivity index (χ0) is 15.9. The van der Waals surface area contributed by atoms with E-state index in [9.17, 15) is 4.39 Å². The number of halogens is 3. The topological polar surface area (TPSA) is 21.3 Å². The van der Waals surface area contributed by atoms with Gasteiger partial charge in [0.15, 0.2) is 0 Å². The second kappa shape index (κ2) is 9.76. The lowest BCUT2D eigenvalue weighted by molar-refractivity contribution is 0.301. The number of hydrogen-bond donors (Lipinski definition) is 1. The highest BCUT2D eigenvalue weighted by molar-refractivity contribution is 6.30. The first-order chi connectivity index (χ1) is 10.5. The molecule has 0 fully saturated rings. The molecule has 0 spiro atoms. The van der Waals surface area contributed by atoms with Crippen molar-refractivity contribution in [1.82, 2.24) is 5.32 Å². The summed E-state index contributed by atoms with van der Waals surface area (Å²) in [7, 11) is 0. The minimum absolute atomic E-state index is 0. The van der Waals surface area contributed by atoms with Crippen LogP contribution < -0.4 is 10.1 Å². The smallest absolute Gasteiger partial charge is 0.124 e. The molecule has 2 nitrogen and oxygen atoms in total. The average molecular weight is 358 g/mol. The zero-order valence-corrected chi connectivity index (χ0v) is 14.9. The summed E-state index contributed by atoms with van der Waals surface area (Å²) in [6.07, 6.45) is 0. The Labute approximate surface area is 148 Å². The second-order valence-electron chi connectivity index (χ2n) is 5.69. The van der Waals surface area contributed by atoms with E-state index in [0.717, 1.165) is 23.4 Å². The van der Waals surface area contributed by atoms with Gasteiger partial charge in [-0.15, -0.1) is 12.4 Å². The average Bonchev–Trinajstić information content (AvgIpc) is 2.48. The molecule has 0 aromatic heterocycles. The van der Waals surface area contributed by atoms with E-state index in [0.29, 0.717) is 24.1 Å². The number of ether oxygens (including phenoxy) is 1. The van der Waals surface area contributed by atoms with E-state index < -0.39 is 0 Å². The molecule has 0 atom stereocenters. The molecule has 5 heteroatoms. The van der Waals surface area contributed by atoms with Crippen LogP contribution in [-0.4, -0.2) is 6.54 Å². The lowest BCUT2D eigenvalue weighted by atomic mass is 10.1. The molecule has 0 saturated carbocycles. The Bertz CT molecular complexity index is 602. The summed E-state index contributed by atoms with van der Waals surface area (Å²) in [5.74, 6) is 1.14. The van der Waals surface area contributed by atoms with Crippen LogP contribution in [0.3, 0.4) is 0 Å². The zero-order valence-electron chi connectivity index (χ0n) is 13.3. The van der Waals surface area contributed by atoms with Gasteiger partial charge >= 0.3 is 0 Å². The first-order valence-electron chi connectivity index (χ1n) is 7.41. The first kappa shape index (κ1) is 19.8. The van der Waals surface area contributed by atoms with Crippen molar-refractivity contribution in [2.24, 2.45) is 5.92 Å². The Morgan fingerprint density at radius 2 is 1.83 bits per heavy atom. The van der Waals surface area contributed by atoms with Gasteiger partial charge in [-0.05, 0) is 48.4 Å². The van der Waals surface area contributed by atoms with E-state index in [1.165, 1.54) is 12.1 Å². The van der Waals surface area contributed by atoms with Crippen LogP contribution in [0.25, 0.3) is 0 Å². The van der Waals surface area contributed by atoms with Crippen molar-refractivity contribution in [3.8, 4) is 5.75 Å². The highest BCUT2D eigenvalue weighted by Crippen LogP contribution is 2.24. The molecule has 2 aromatic rings. The van der Waals surface area contributed by atoms with Crippen LogP contribution in [0.2, 0.25) is 5.02 Å². The van der Waals surface area contributed by atoms with Crippen LogP contribution in [-0.2, 0) is 13.2 Å². The quantitative estimate of drug-likeness (QED) is 0.732. The van der Waals surface area contributed by atoms with Gasteiger partial charge in [0.25, 0.3) is 0 Å². The summed E-state index contributed by atoms with van der Waals surface area (Å²) in [5, 5.41) is 4.08. The summed E-state index contributed by atoms with van der Waals surface area (Å²) >= 11 is 6.07. The van der Waals surface area contributed by atoms with Crippen LogP contribution >= 0.6 is 24.0 Å². The largest absolute Gasteiger partial charge is 0.489 e. The van der Waals surface area contributed by atoms with Crippen LogP contribution in [0.15, 0.2) is 42.5 Å². The highest BCUT2D eigenvalue weighted by Gasteiger charge is 2.06. The van der Waals surface area contributed by atoms with Crippen molar-refractivity contribution < 1.29 is 9.13 Å². The van der Waals surface area contributed by atoms with E-state index in [1.807, 2.05) is 18.2 Å². The minimum Gasteiger partial charge on any atom is -0.489 e. The third-order valence-electron chi connectivity index (χ3n) is 3.20. The molecule has 0 unspecified atom stereocenters. The fraction of sp³-hybridized carbons (Fsp3) is 0.333. The predicted octanol–water partition coefficient (Wildman–Crippen LogP) is 5.23. The SMILES string of the molecule is CC(C)CNCc1cc(Cl)ccc1OCc1ccc(F)cc1.Cl. The summed E-state index contributed by atoms with van der Waals surface area (Å²) in [5.41, 5.74) is 1.95. The molecule has 0 aliphatic carbocycles. The molecular weight excluding hydrogens is 336 g/mol. The van der Waals surface area contributed by atoms with E-state index in [-0.39, 0.29) is 18.2 Å². The molecule has 0 saturated heterocycles. The van der Waals surface area contributed by atoms with Crippen molar-refractivity contribution in [2.75, 3.05) is 6.54 Å². The summed E-state index contributed by atoms with van der Waals surface area (Å²) in [4.78, 5) is 0. The Balaban J connectivity index is 0.00000264. The highest BCUT2D eigenvalue weighted by atomic mass is 35.5. The van der Waals surface area contributed by atoms with E-state index in [4.69, 9.17) is 16.3 Å². The van der Waals surface area contributed by atoms with E-state index in [2.05, 4.69) is 19.2 Å².